The van der Waals surface area contributed by atoms with Gasteiger partial charge in [-0.25, -0.2) is 0 Å². The Bertz CT molecular complexity index is 322. The summed E-state index contributed by atoms with van der Waals surface area (Å²) in [5.74, 6) is -1.23. The zero-order chi connectivity index (χ0) is 15.1. The van der Waals surface area contributed by atoms with Crippen LogP contribution in [-0.2, 0) is 23.1 Å². The minimum absolute atomic E-state index is 0.120. The Labute approximate surface area is 109 Å². The van der Waals surface area contributed by atoms with Crippen molar-refractivity contribution in [3.63, 3.8) is 0 Å². The molecule has 0 aromatic rings. The largest absolute Gasteiger partial charge is 0.465 e. The molecule has 0 bridgehead atoms. The first kappa shape index (κ1) is 18.4. The fourth-order valence-corrected chi connectivity index (χ4v) is 3.28. The second-order valence-electron chi connectivity index (χ2n) is 3.46. The molecular weight excluding hydrogens is 288 g/mol. The summed E-state index contributed by atoms with van der Waals surface area (Å²) in [6.45, 7) is 3.94. The quantitative estimate of drug-likeness (QED) is 0.509. The van der Waals surface area contributed by atoms with Crippen molar-refractivity contribution in [3.05, 3.63) is 0 Å². The summed E-state index contributed by atoms with van der Waals surface area (Å²) in [7, 11) is -4.21. The third-order valence-electron chi connectivity index (χ3n) is 1.98. The molecule has 0 aliphatic rings. The Hall–Kier alpha value is -0.590. The fourth-order valence-electron chi connectivity index (χ4n) is 1.36. The summed E-state index contributed by atoms with van der Waals surface area (Å²) in [6.07, 6.45) is -6.29. The lowest BCUT2D eigenvalue weighted by molar-refractivity contribution is -0.157. The summed E-state index contributed by atoms with van der Waals surface area (Å²) in [5, 5.41) is 0. The number of hydrogen-bond acceptors (Lipinski definition) is 5. The molecule has 0 rings (SSSR count). The molecule has 0 fully saturated rings. The lowest BCUT2D eigenvalue weighted by atomic mass is 10.3. The van der Waals surface area contributed by atoms with Crippen LogP contribution in [0.4, 0.5) is 13.2 Å². The maximum absolute atomic E-state index is 12.5. The van der Waals surface area contributed by atoms with Gasteiger partial charge in [-0.2, -0.15) is 13.2 Å². The molecule has 0 aliphatic heterocycles. The van der Waals surface area contributed by atoms with Gasteiger partial charge in [-0.3, -0.25) is 9.36 Å². The average Bonchev–Trinajstić information content (AvgIpc) is 2.25. The van der Waals surface area contributed by atoms with E-state index in [4.69, 9.17) is 9.05 Å². The third-order valence-corrected chi connectivity index (χ3v) is 4.38. The van der Waals surface area contributed by atoms with Gasteiger partial charge in [-0.1, -0.05) is 0 Å². The second kappa shape index (κ2) is 7.87. The Morgan fingerprint density at radius 2 is 1.58 bits per heavy atom. The van der Waals surface area contributed by atoms with Crippen molar-refractivity contribution in [1.82, 2.24) is 0 Å². The first-order valence-electron chi connectivity index (χ1n) is 5.82. The highest BCUT2D eigenvalue weighted by molar-refractivity contribution is 7.55. The summed E-state index contributed by atoms with van der Waals surface area (Å²) < 4.78 is 63.8. The highest BCUT2D eigenvalue weighted by Gasteiger charge is 2.48. The van der Waals surface area contributed by atoms with E-state index in [1.165, 1.54) is 20.8 Å². The molecule has 0 spiro atoms. The molecule has 19 heavy (non-hydrogen) atoms. The van der Waals surface area contributed by atoms with E-state index in [0.717, 1.165) is 0 Å². The third kappa shape index (κ3) is 6.40. The second-order valence-corrected chi connectivity index (χ2v) is 5.68. The van der Waals surface area contributed by atoms with E-state index in [-0.39, 0.29) is 19.8 Å². The molecule has 1 atom stereocenters. The van der Waals surface area contributed by atoms with Crippen LogP contribution in [0.1, 0.15) is 27.2 Å². The fraction of sp³-hybridized carbons (Fsp3) is 0.900. The molecule has 9 heteroatoms. The smallest absolute Gasteiger partial charge is 0.390 e. The lowest BCUT2D eigenvalue weighted by Crippen LogP contribution is -2.31. The molecule has 0 radical (unpaired) electrons. The Morgan fingerprint density at radius 1 is 1.11 bits per heavy atom. The zero-order valence-corrected chi connectivity index (χ0v) is 11.9. The van der Waals surface area contributed by atoms with Crippen molar-refractivity contribution >= 4 is 13.6 Å². The van der Waals surface area contributed by atoms with Crippen molar-refractivity contribution in [2.45, 2.75) is 39.0 Å². The van der Waals surface area contributed by atoms with Gasteiger partial charge in [0.25, 0.3) is 0 Å². The monoisotopic (exact) mass is 306 g/mol. The molecule has 114 valence electrons. The van der Waals surface area contributed by atoms with Crippen LogP contribution in [0.15, 0.2) is 0 Å². The van der Waals surface area contributed by atoms with Crippen LogP contribution in [0.3, 0.4) is 0 Å². The van der Waals surface area contributed by atoms with Crippen molar-refractivity contribution in [2.24, 2.45) is 0 Å². The van der Waals surface area contributed by atoms with Crippen LogP contribution >= 0.6 is 7.60 Å². The summed E-state index contributed by atoms with van der Waals surface area (Å²) in [5.41, 5.74) is -1.99. The summed E-state index contributed by atoms with van der Waals surface area (Å²) in [6, 6.07) is 0. The van der Waals surface area contributed by atoms with Gasteiger partial charge in [0.05, 0.1) is 26.2 Å². The topological polar surface area (TPSA) is 61.8 Å². The molecular formula is C10H18F3O5P. The maximum atomic E-state index is 12.5. The standard InChI is InChI=1S/C10H18F3O5P/c1-4-16-9(14)8(7-10(11,12)13)19(15,17-5-2)18-6-3/h8H,4-7H2,1-3H3. The Kier molecular flexibility index (Phi) is 7.62. The van der Waals surface area contributed by atoms with Crippen LogP contribution in [0.2, 0.25) is 0 Å². The molecule has 0 heterocycles. The van der Waals surface area contributed by atoms with Gasteiger partial charge in [0.15, 0.2) is 5.66 Å². The van der Waals surface area contributed by atoms with E-state index in [9.17, 15) is 22.5 Å². The summed E-state index contributed by atoms with van der Waals surface area (Å²) in [4.78, 5) is 11.6. The van der Waals surface area contributed by atoms with Crippen molar-refractivity contribution in [1.29, 1.82) is 0 Å². The van der Waals surface area contributed by atoms with E-state index < -0.39 is 31.8 Å². The average molecular weight is 306 g/mol. The predicted octanol–water partition coefficient (Wildman–Crippen LogP) is 3.14. The van der Waals surface area contributed by atoms with E-state index in [0.29, 0.717) is 0 Å². The molecule has 0 amide bonds. The van der Waals surface area contributed by atoms with E-state index in [1.807, 2.05) is 0 Å². The van der Waals surface area contributed by atoms with E-state index >= 15 is 0 Å². The Balaban J connectivity index is 5.27. The minimum Gasteiger partial charge on any atom is -0.465 e. The Morgan fingerprint density at radius 3 is 1.89 bits per heavy atom. The number of rotatable bonds is 8. The molecule has 1 unspecified atom stereocenters. The number of alkyl halides is 3. The van der Waals surface area contributed by atoms with Gasteiger partial charge >= 0.3 is 19.7 Å². The van der Waals surface area contributed by atoms with Crippen LogP contribution in [-0.4, -0.2) is 37.6 Å². The minimum atomic E-state index is -4.68. The van der Waals surface area contributed by atoms with Gasteiger partial charge in [0, 0.05) is 0 Å². The first-order valence-corrected chi connectivity index (χ1v) is 7.43. The number of ether oxygens (including phenoxy) is 1. The van der Waals surface area contributed by atoms with Gasteiger partial charge in [-0.05, 0) is 20.8 Å². The number of carbonyl (C=O) groups excluding carboxylic acids is 1. The number of hydrogen-bond donors (Lipinski definition) is 0. The van der Waals surface area contributed by atoms with Crippen molar-refractivity contribution in [3.8, 4) is 0 Å². The molecule has 0 N–H and O–H groups in total. The van der Waals surface area contributed by atoms with Gasteiger partial charge in [-0.15, -0.1) is 0 Å². The van der Waals surface area contributed by atoms with Crippen LogP contribution in [0, 0.1) is 0 Å². The molecule has 0 aliphatic carbocycles. The maximum Gasteiger partial charge on any atom is 0.390 e. The van der Waals surface area contributed by atoms with Gasteiger partial charge in [0.1, 0.15) is 0 Å². The molecule has 0 aromatic carbocycles. The van der Waals surface area contributed by atoms with Crippen molar-refractivity contribution < 1.29 is 36.3 Å². The predicted molar refractivity (Wildman–Crippen MR) is 62.0 cm³/mol. The zero-order valence-electron chi connectivity index (χ0n) is 11.0. The van der Waals surface area contributed by atoms with E-state index in [1.54, 1.807) is 0 Å². The molecule has 5 nitrogen and oxygen atoms in total. The molecule has 0 aromatic heterocycles. The van der Waals surface area contributed by atoms with Crippen molar-refractivity contribution in [2.75, 3.05) is 19.8 Å². The number of halogens is 3. The van der Waals surface area contributed by atoms with Crippen LogP contribution in [0.5, 0.6) is 0 Å². The van der Waals surface area contributed by atoms with Gasteiger partial charge in [0.2, 0.25) is 0 Å². The van der Waals surface area contributed by atoms with Gasteiger partial charge < -0.3 is 13.8 Å². The highest BCUT2D eigenvalue weighted by atomic mass is 31.2. The number of carbonyl (C=O) groups is 1. The first-order chi connectivity index (χ1) is 8.70. The van der Waals surface area contributed by atoms with E-state index in [2.05, 4.69) is 4.74 Å². The highest BCUT2D eigenvalue weighted by Crippen LogP contribution is 2.56. The SMILES string of the molecule is CCOC(=O)C(CC(F)(F)F)P(=O)(OCC)OCC. The van der Waals surface area contributed by atoms with Crippen LogP contribution < -0.4 is 0 Å². The van der Waals surface area contributed by atoms with Crippen LogP contribution in [0.25, 0.3) is 0 Å². The molecule has 0 saturated heterocycles. The lowest BCUT2D eigenvalue weighted by Gasteiger charge is -2.25. The normalized spacial score (nSPS) is 14.2. The summed E-state index contributed by atoms with van der Waals surface area (Å²) >= 11 is 0. The number of esters is 1. The molecule has 0 saturated carbocycles.